The summed E-state index contributed by atoms with van der Waals surface area (Å²) in [5.41, 5.74) is 8.82. The van der Waals surface area contributed by atoms with Gasteiger partial charge in [-0.2, -0.15) is 5.10 Å². The molecule has 6 rings (SSSR count). The number of nitrogens with zero attached hydrogens (tertiary/aromatic N) is 3. The van der Waals surface area contributed by atoms with Gasteiger partial charge >= 0.3 is 0 Å². The molecule has 6 nitrogen and oxygen atoms in total. The van der Waals surface area contributed by atoms with Crippen LogP contribution in [0.2, 0.25) is 0 Å². The lowest BCUT2D eigenvalue weighted by Crippen LogP contribution is -1.94. The molecule has 6 aromatic rings. The highest BCUT2D eigenvalue weighted by molar-refractivity contribution is 6.01. The van der Waals surface area contributed by atoms with Crippen LogP contribution in [0.5, 0.6) is 0 Å². The van der Waals surface area contributed by atoms with Gasteiger partial charge in [-0.25, -0.2) is 0 Å². The SMILES string of the molecule is C=C/C(=C\C(=C/C)c1cc2c(-c3cc4c(-c5ccncc5)cccc4[nH]3)n[nH]c2cn1)OCc1ccccc1. The first kappa shape index (κ1) is 24.1. The van der Waals surface area contributed by atoms with Crippen LogP contribution in [0.1, 0.15) is 18.2 Å². The van der Waals surface area contributed by atoms with Crippen LogP contribution >= 0.6 is 0 Å². The topological polar surface area (TPSA) is 79.5 Å². The Hall–Kier alpha value is -5.23. The van der Waals surface area contributed by atoms with Gasteiger partial charge in [0.05, 0.1) is 23.1 Å². The van der Waals surface area contributed by atoms with Gasteiger partial charge in [-0.3, -0.25) is 15.1 Å². The molecule has 0 atom stereocenters. The molecule has 0 aliphatic heterocycles. The van der Waals surface area contributed by atoms with Crippen LogP contribution in [-0.2, 0) is 11.3 Å². The van der Waals surface area contributed by atoms with Crippen molar-refractivity contribution in [2.24, 2.45) is 0 Å². The molecule has 0 amide bonds. The summed E-state index contributed by atoms with van der Waals surface area (Å²) in [5, 5.41) is 9.90. The van der Waals surface area contributed by atoms with Crippen LogP contribution in [0.4, 0.5) is 0 Å². The molecular weight excluding hydrogens is 482 g/mol. The minimum absolute atomic E-state index is 0.468. The van der Waals surface area contributed by atoms with Crippen molar-refractivity contribution in [1.82, 2.24) is 25.1 Å². The first-order valence-corrected chi connectivity index (χ1v) is 12.8. The first-order valence-electron chi connectivity index (χ1n) is 12.8. The molecule has 2 N–H and O–H groups in total. The van der Waals surface area contributed by atoms with Crippen LogP contribution in [0, 0.1) is 0 Å². The molecule has 0 bridgehead atoms. The molecule has 2 aromatic carbocycles. The number of hydrogen-bond acceptors (Lipinski definition) is 4. The Morgan fingerprint density at radius 3 is 2.59 bits per heavy atom. The van der Waals surface area contributed by atoms with Crippen molar-refractivity contribution in [1.29, 1.82) is 0 Å². The third kappa shape index (κ3) is 4.88. The Bertz CT molecular complexity index is 1830. The molecule has 4 heterocycles. The maximum absolute atomic E-state index is 6.03. The largest absolute Gasteiger partial charge is 0.489 e. The van der Waals surface area contributed by atoms with Gasteiger partial charge in [0, 0.05) is 28.7 Å². The number of nitrogens with one attached hydrogen (secondary N) is 2. The summed E-state index contributed by atoms with van der Waals surface area (Å²) in [6.07, 6.45) is 11.2. The third-order valence-electron chi connectivity index (χ3n) is 6.71. The van der Waals surface area contributed by atoms with Gasteiger partial charge in [0.25, 0.3) is 0 Å². The molecule has 0 spiro atoms. The lowest BCUT2D eigenvalue weighted by Gasteiger charge is -2.09. The Kier molecular flexibility index (Phi) is 6.58. The van der Waals surface area contributed by atoms with E-state index in [0.717, 1.165) is 61.2 Å². The van der Waals surface area contributed by atoms with E-state index in [1.54, 1.807) is 6.08 Å². The molecule has 0 aliphatic rings. The van der Waals surface area contributed by atoms with Crippen molar-refractivity contribution in [3.05, 3.63) is 133 Å². The number of benzene rings is 2. The number of fused-ring (bicyclic) bond motifs is 2. The van der Waals surface area contributed by atoms with E-state index in [-0.39, 0.29) is 0 Å². The zero-order valence-corrected chi connectivity index (χ0v) is 21.6. The standard InChI is InChI=1S/C33H27N5O/c1-3-23(17-25(4-2)39-21-22-9-6-5-7-10-22)30-19-28-32(20-35-30)37-38-33(28)31-18-27-26(11-8-12-29(27)36-31)24-13-15-34-16-14-24/h3-20,36H,2,21H2,1H3,(H,37,38)/b23-3+,25-17+. The average molecular weight is 510 g/mol. The molecule has 0 radical (unpaired) electrons. The number of aromatic amines is 2. The number of pyridine rings is 2. The van der Waals surface area contributed by atoms with Crippen LogP contribution in [0.3, 0.4) is 0 Å². The van der Waals surface area contributed by atoms with Crippen LogP contribution in [0.25, 0.3) is 49.9 Å². The summed E-state index contributed by atoms with van der Waals surface area (Å²) in [7, 11) is 0. The minimum Gasteiger partial charge on any atom is -0.489 e. The molecule has 0 saturated carbocycles. The average Bonchev–Trinajstić information content (AvgIpc) is 3.62. The second-order valence-corrected chi connectivity index (χ2v) is 9.14. The Labute approximate surface area is 226 Å². The van der Waals surface area contributed by atoms with Gasteiger partial charge in [-0.15, -0.1) is 0 Å². The van der Waals surface area contributed by atoms with Gasteiger partial charge in [0.2, 0.25) is 0 Å². The molecule has 39 heavy (non-hydrogen) atoms. The van der Waals surface area contributed by atoms with E-state index < -0.39 is 0 Å². The number of aromatic nitrogens is 5. The molecule has 6 heteroatoms. The Morgan fingerprint density at radius 2 is 1.79 bits per heavy atom. The summed E-state index contributed by atoms with van der Waals surface area (Å²) in [6, 6.07) is 24.6. The van der Waals surface area contributed by atoms with Crippen molar-refractivity contribution in [3.63, 3.8) is 0 Å². The van der Waals surface area contributed by atoms with E-state index in [2.05, 4.69) is 57.1 Å². The highest BCUT2D eigenvalue weighted by Crippen LogP contribution is 2.34. The smallest absolute Gasteiger partial charge is 0.119 e. The Morgan fingerprint density at radius 1 is 0.949 bits per heavy atom. The van der Waals surface area contributed by atoms with E-state index in [0.29, 0.717) is 12.4 Å². The number of allylic oxidation sites excluding steroid dienone is 4. The van der Waals surface area contributed by atoms with Crippen LogP contribution in [-0.4, -0.2) is 25.1 Å². The van der Waals surface area contributed by atoms with Crippen molar-refractivity contribution in [3.8, 4) is 22.5 Å². The summed E-state index contributed by atoms with van der Waals surface area (Å²) in [6.45, 7) is 6.39. The van der Waals surface area contributed by atoms with Gasteiger partial charge in [0.1, 0.15) is 18.1 Å². The predicted molar refractivity (Wildman–Crippen MR) is 158 cm³/mol. The number of H-pyrrole nitrogens is 2. The molecule has 190 valence electrons. The summed E-state index contributed by atoms with van der Waals surface area (Å²) >= 11 is 0. The highest BCUT2D eigenvalue weighted by atomic mass is 16.5. The lowest BCUT2D eigenvalue weighted by atomic mass is 10.0. The third-order valence-corrected chi connectivity index (χ3v) is 6.71. The van der Waals surface area contributed by atoms with Crippen LogP contribution < -0.4 is 0 Å². The van der Waals surface area contributed by atoms with Crippen molar-refractivity contribution in [2.45, 2.75) is 13.5 Å². The van der Waals surface area contributed by atoms with Gasteiger partial charge < -0.3 is 9.72 Å². The van der Waals surface area contributed by atoms with Crippen molar-refractivity contribution >= 4 is 27.4 Å². The summed E-state index contributed by atoms with van der Waals surface area (Å²) in [5.74, 6) is 0.681. The number of hydrogen-bond donors (Lipinski definition) is 2. The normalized spacial score (nSPS) is 12.2. The fraction of sp³-hybridized carbons (Fsp3) is 0.0606. The van der Waals surface area contributed by atoms with Gasteiger partial charge in [-0.05, 0) is 71.7 Å². The highest BCUT2D eigenvalue weighted by Gasteiger charge is 2.15. The van der Waals surface area contributed by atoms with Crippen molar-refractivity contribution < 1.29 is 4.74 Å². The zero-order chi connectivity index (χ0) is 26.6. The lowest BCUT2D eigenvalue weighted by molar-refractivity contribution is 0.211. The van der Waals surface area contributed by atoms with E-state index in [4.69, 9.17) is 9.72 Å². The molecule has 0 aliphatic carbocycles. The fourth-order valence-electron chi connectivity index (χ4n) is 4.70. The minimum atomic E-state index is 0.468. The second kappa shape index (κ2) is 10.6. The number of rotatable bonds is 8. The Balaban J connectivity index is 1.35. The van der Waals surface area contributed by atoms with Gasteiger partial charge in [-0.1, -0.05) is 55.1 Å². The predicted octanol–water partition coefficient (Wildman–Crippen LogP) is 7.86. The quantitative estimate of drug-likeness (QED) is 0.162. The zero-order valence-electron chi connectivity index (χ0n) is 21.6. The van der Waals surface area contributed by atoms with Crippen molar-refractivity contribution in [2.75, 3.05) is 0 Å². The van der Waals surface area contributed by atoms with E-state index in [9.17, 15) is 0 Å². The maximum atomic E-state index is 6.03. The summed E-state index contributed by atoms with van der Waals surface area (Å²) < 4.78 is 6.03. The van der Waals surface area contributed by atoms with E-state index in [1.165, 1.54) is 0 Å². The molecule has 4 aromatic heterocycles. The van der Waals surface area contributed by atoms with E-state index in [1.807, 2.05) is 80.1 Å². The molecule has 0 unspecified atom stereocenters. The molecule has 0 fully saturated rings. The second-order valence-electron chi connectivity index (χ2n) is 9.14. The molecular formula is C33H27N5O. The summed E-state index contributed by atoms with van der Waals surface area (Å²) in [4.78, 5) is 12.4. The first-order chi connectivity index (χ1) is 19.2. The monoisotopic (exact) mass is 509 g/mol. The van der Waals surface area contributed by atoms with Gasteiger partial charge in [0.15, 0.2) is 0 Å². The van der Waals surface area contributed by atoms with E-state index >= 15 is 0 Å². The molecule has 0 saturated heterocycles. The fourth-order valence-corrected chi connectivity index (χ4v) is 4.70. The van der Waals surface area contributed by atoms with Crippen LogP contribution in [0.15, 0.2) is 122 Å². The number of ether oxygens (including phenoxy) is 1. The maximum Gasteiger partial charge on any atom is 0.119 e.